The molecule has 0 aliphatic carbocycles. The van der Waals surface area contributed by atoms with Gasteiger partial charge in [0.25, 0.3) is 0 Å². The van der Waals surface area contributed by atoms with Crippen LogP contribution in [0.4, 0.5) is 0 Å². The molecule has 0 radical (unpaired) electrons. The Morgan fingerprint density at radius 2 is 2.56 bits per heavy atom. The molecule has 0 saturated carbocycles. The molecule has 0 bridgehead atoms. The van der Waals surface area contributed by atoms with Crippen LogP contribution in [0.25, 0.3) is 0 Å². The number of epoxide rings is 1. The average Bonchev–Trinajstić information content (AvgIpc) is 2.71. The minimum absolute atomic E-state index is 0.257. The molecule has 0 amide bonds. The predicted molar refractivity (Wildman–Crippen MR) is 30.7 cm³/mol. The van der Waals surface area contributed by atoms with E-state index in [1.165, 1.54) is 6.33 Å². The zero-order valence-electron chi connectivity index (χ0n) is 4.82. The Balaban J connectivity index is 2.29. The van der Waals surface area contributed by atoms with Gasteiger partial charge < -0.3 is 4.74 Å². The van der Waals surface area contributed by atoms with Gasteiger partial charge in [0, 0.05) is 6.20 Å². The minimum Gasteiger partial charge on any atom is -0.366 e. The number of nitrogens with zero attached hydrogens (tertiary/aromatic N) is 2. The van der Waals surface area contributed by atoms with E-state index in [9.17, 15) is 0 Å². The first-order valence-electron chi connectivity index (χ1n) is 2.84. The van der Waals surface area contributed by atoms with Gasteiger partial charge in [0.2, 0.25) is 0 Å². The topological polar surface area (TPSA) is 38.3 Å². The van der Waals surface area contributed by atoms with E-state index in [-0.39, 0.29) is 6.10 Å². The molecular weight excluding hydrogens is 116 g/mol. The van der Waals surface area contributed by atoms with Crippen LogP contribution in [0.2, 0.25) is 0 Å². The highest BCUT2D eigenvalue weighted by atomic mass is 16.6. The Hall–Kier alpha value is -0.960. The summed E-state index contributed by atoms with van der Waals surface area (Å²) in [4.78, 5) is 7.79. The Kier molecular flexibility index (Phi) is 0.960. The van der Waals surface area contributed by atoms with Crippen molar-refractivity contribution >= 4 is 0 Å². The monoisotopic (exact) mass is 122 g/mol. The van der Waals surface area contributed by atoms with Crippen LogP contribution in [-0.4, -0.2) is 16.6 Å². The molecule has 2 heterocycles. The van der Waals surface area contributed by atoms with Crippen molar-refractivity contribution in [3.8, 4) is 0 Å². The van der Waals surface area contributed by atoms with Gasteiger partial charge in [0.15, 0.2) is 0 Å². The van der Waals surface area contributed by atoms with Crippen LogP contribution in [-0.2, 0) is 4.74 Å². The van der Waals surface area contributed by atoms with E-state index in [4.69, 9.17) is 4.74 Å². The van der Waals surface area contributed by atoms with Gasteiger partial charge in [-0.3, -0.25) is 0 Å². The molecule has 0 aromatic carbocycles. The largest absolute Gasteiger partial charge is 0.366 e. The fraction of sp³-hybridized carbons (Fsp3) is 0.333. The Morgan fingerprint density at radius 1 is 1.67 bits per heavy atom. The normalized spacial score (nSPS) is 23.8. The second-order valence-electron chi connectivity index (χ2n) is 1.96. The van der Waals surface area contributed by atoms with E-state index < -0.39 is 0 Å². The lowest BCUT2D eigenvalue weighted by Gasteiger charge is -1.88. The Labute approximate surface area is 52.7 Å². The van der Waals surface area contributed by atoms with Gasteiger partial charge in [-0.05, 0) is 6.07 Å². The summed E-state index contributed by atoms with van der Waals surface area (Å²) in [5.74, 6) is 0. The highest BCUT2D eigenvalue weighted by molar-refractivity contribution is 5.06. The fourth-order valence-electron chi connectivity index (χ4n) is 0.710. The van der Waals surface area contributed by atoms with Gasteiger partial charge in [-0.1, -0.05) is 0 Å². The Morgan fingerprint density at radius 3 is 3.11 bits per heavy atom. The molecule has 2 rings (SSSR count). The summed E-state index contributed by atoms with van der Waals surface area (Å²) in [6.07, 6.45) is 3.52. The van der Waals surface area contributed by atoms with E-state index in [0.717, 1.165) is 12.3 Å². The summed E-state index contributed by atoms with van der Waals surface area (Å²) in [6.45, 7) is 0.816. The van der Waals surface area contributed by atoms with Gasteiger partial charge in [0.05, 0.1) is 12.3 Å². The van der Waals surface area contributed by atoms with Crippen molar-refractivity contribution in [2.75, 3.05) is 6.61 Å². The lowest BCUT2D eigenvalue weighted by Crippen LogP contribution is -1.85. The molecular formula is C6H6N2O. The summed E-state index contributed by atoms with van der Waals surface area (Å²) in [6, 6.07) is 1.87. The molecule has 46 valence electrons. The third-order valence-electron chi connectivity index (χ3n) is 1.27. The SMILES string of the molecule is c1cc(C2CO2)ncn1. The minimum atomic E-state index is 0.257. The summed E-state index contributed by atoms with van der Waals surface area (Å²) in [5, 5.41) is 0. The first-order chi connectivity index (χ1) is 4.47. The first kappa shape index (κ1) is 4.88. The molecule has 1 saturated heterocycles. The number of aromatic nitrogens is 2. The summed E-state index contributed by atoms with van der Waals surface area (Å²) in [5.41, 5.74) is 0.991. The molecule has 1 aromatic heterocycles. The molecule has 1 aliphatic heterocycles. The van der Waals surface area contributed by atoms with Gasteiger partial charge >= 0.3 is 0 Å². The van der Waals surface area contributed by atoms with E-state index >= 15 is 0 Å². The molecule has 1 atom stereocenters. The molecule has 9 heavy (non-hydrogen) atoms. The van der Waals surface area contributed by atoms with Crippen LogP contribution in [0.15, 0.2) is 18.6 Å². The van der Waals surface area contributed by atoms with Crippen LogP contribution in [0, 0.1) is 0 Å². The van der Waals surface area contributed by atoms with Crippen molar-refractivity contribution in [2.24, 2.45) is 0 Å². The maximum atomic E-state index is 5.00. The van der Waals surface area contributed by atoms with Gasteiger partial charge in [-0.2, -0.15) is 0 Å². The van der Waals surface area contributed by atoms with E-state index in [0.29, 0.717) is 0 Å². The molecule has 1 aliphatic rings. The average molecular weight is 122 g/mol. The molecule has 0 N–H and O–H groups in total. The summed E-state index contributed by atoms with van der Waals surface area (Å²) < 4.78 is 5.00. The maximum absolute atomic E-state index is 5.00. The zero-order chi connectivity index (χ0) is 6.10. The second kappa shape index (κ2) is 1.77. The van der Waals surface area contributed by atoms with Crippen molar-refractivity contribution in [3.63, 3.8) is 0 Å². The lowest BCUT2D eigenvalue weighted by molar-refractivity contribution is 0.411. The number of hydrogen-bond acceptors (Lipinski definition) is 3. The molecule has 3 heteroatoms. The molecule has 3 nitrogen and oxygen atoms in total. The highest BCUT2D eigenvalue weighted by Gasteiger charge is 2.25. The van der Waals surface area contributed by atoms with Gasteiger partial charge in [-0.25, -0.2) is 9.97 Å². The van der Waals surface area contributed by atoms with Gasteiger partial charge in [-0.15, -0.1) is 0 Å². The summed E-state index contributed by atoms with van der Waals surface area (Å²) >= 11 is 0. The summed E-state index contributed by atoms with van der Waals surface area (Å²) in [7, 11) is 0. The zero-order valence-corrected chi connectivity index (χ0v) is 4.82. The Bertz CT molecular complexity index is 195. The molecule has 0 spiro atoms. The van der Waals surface area contributed by atoms with Crippen molar-refractivity contribution in [2.45, 2.75) is 6.10 Å². The lowest BCUT2D eigenvalue weighted by atomic mass is 10.3. The van der Waals surface area contributed by atoms with Gasteiger partial charge in [0.1, 0.15) is 12.4 Å². The number of hydrogen-bond donors (Lipinski definition) is 0. The number of ether oxygens (including phenoxy) is 1. The second-order valence-corrected chi connectivity index (χ2v) is 1.96. The third-order valence-corrected chi connectivity index (χ3v) is 1.27. The van der Waals surface area contributed by atoms with Crippen molar-refractivity contribution in [1.82, 2.24) is 9.97 Å². The molecule has 1 aromatic rings. The van der Waals surface area contributed by atoms with E-state index in [2.05, 4.69) is 9.97 Å². The number of rotatable bonds is 1. The van der Waals surface area contributed by atoms with Crippen molar-refractivity contribution < 1.29 is 4.74 Å². The quantitative estimate of drug-likeness (QED) is 0.510. The van der Waals surface area contributed by atoms with Crippen molar-refractivity contribution in [3.05, 3.63) is 24.3 Å². The predicted octanol–water partition coefficient (Wildman–Crippen LogP) is 0.548. The highest BCUT2D eigenvalue weighted by Crippen LogP contribution is 2.26. The smallest absolute Gasteiger partial charge is 0.123 e. The molecule has 1 fully saturated rings. The fourth-order valence-corrected chi connectivity index (χ4v) is 0.710. The molecule has 1 unspecified atom stereocenters. The van der Waals surface area contributed by atoms with Crippen LogP contribution >= 0.6 is 0 Å². The van der Waals surface area contributed by atoms with Crippen LogP contribution in [0.5, 0.6) is 0 Å². The maximum Gasteiger partial charge on any atom is 0.123 e. The van der Waals surface area contributed by atoms with Crippen LogP contribution < -0.4 is 0 Å². The van der Waals surface area contributed by atoms with Crippen LogP contribution in [0.1, 0.15) is 11.8 Å². The first-order valence-corrected chi connectivity index (χ1v) is 2.84. The van der Waals surface area contributed by atoms with Crippen molar-refractivity contribution in [1.29, 1.82) is 0 Å². The van der Waals surface area contributed by atoms with Crippen LogP contribution in [0.3, 0.4) is 0 Å². The van der Waals surface area contributed by atoms with E-state index in [1.807, 2.05) is 6.07 Å². The van der Waals surface area contributed by atoms with E-state index in [1.54, 1.807) is 6.20 Å². The standard InChI is InChI=1S/C6H6N2O/c1-2-7-4-8-5(1)6-3-9-6/h1-2,4,6H,3H2. The third kappa shape index (κ3) is 0.907.